The standard InChI is InChI=1S/C23H28N4O5S/c1-23(2,3)22-26-19(32-27-22)10-7-11-21(29)31-13-15-14-33-20(24-15)12-18(28)25-16-8-5-6-9-17(16)30-4/h5-6,8-9,14H,7,10-13H2,1-4H3,(H,25,28). The van der Waals surface area contributed by atoms with Crippen LogP contribution in [0.4, 0.5) is 5.69 Å². The number of carbonyl (C=O) groups is 2. The van der Waals surface area contributed by atoms with Crippen molar-refractivity contribution in [1.29, 1.82) is 0 Å². The van der Waals surface area contributed by atoms with Crippen molar-refractivity contribution in [3.05, 3.63) is 52.1 Å². The van der Waals surface area contributed by atoms with Crippen LogP contribution in [0.3, 0.4) is 0 Å². The fraction of sp³-hybridized carbons (Fsp3) is 0.435. The van der Waals surface area contributed by atoms with Crippen LogP contribution in [-0.4, -0.2) is 34.1 Å². The number of thiazole rings is 1. The number of hydrogen-bond acceptors (Lipinski definition) is 9. The summed E-state index contributed by atoms with van der Waals surface area (Å²) >= 11 is 1.35. The zero-order valence-corrected chi connectivity index (χ0v) is 20.0. The Kier molecular flexibility index (Phi) is 8.16. The highest BCUT2D eigenvalue weighted by Crippen LogP contribution is 2.23. The molecule has 3 aromatic rings. The van der Waals surface area contributed by atoms with Crippen LogP contribution in [0.25, 0.3) is 0 Å². The highest BCUT2D eigenvalue weighted by Gasteiger charge is 2.21. The number of nitrogens with one attached hydrogen (secondary N) is 1. The summed E-state index contributed by atoms with van der Waals surface area (Å²) in [6, 6.07) is 7.19. The molecule has 0 bridgehead atoms. The quantitative estimate of drug-likeness (QED) is 0.439. The first kappa shape index (κ1) is 24.4. The van der Waals surface area contributed by atoms with E-state index in [1.807, 2.05) is 32.9 Å². The van der Waals surface area contributed by atoms with Gasteiger partial charge in [0.2, 0.25) is 11.8 Å². The molecule has 0 aliphatic carbocycles. The van der Waals surface area contributed by atoms with Crippen LogP contribution in [-0.2, 0) is 39.2 Å². The molecule has 2 heterocycles. The first-order valence-electron chi connectivity index (χ1n) is 10.6. The van der Waals surface area contributed by atoms with Gasteiger partial charge in [0.25, 0.3) is 0 Å². The van der Waals surface area contributed by atoms with Crippen LogP contribution >= 0.6 is 11.3 Å². The van der Waals surface area contributed by atoms with E-state index in [2.05, 4.69) is 20.4 Å². The zero-order valence-electron chi connectivity index (χ0n) is 19.2. The number of para-hydroxylation sites is 2. The van der Waals surface area contributed by atoms with Gasteiger partial charge < -0.3 is 19.3 Å². The van der Waals surface area contributed by atoms with Crippen molar-refractivity contribution in [1.82, 2.24) is 15.1 Å². The Morgan fingerprint density at radius 3 is 2.70 bits per heavy atom. The van der Waals surface area contributed by atoms with Crippen LogP contribution in [0, 0.1) is 0 Å². The number of ether oxygens (including phenoxy) is 2. The van der Waals surface area contributed by atoms with Gasteiger partial charge in [-0.25, -0.2) is 4.98 Å². The largest absolute Gasteiger partial charge is 0.495 e. The van der Waals surface area contributed by atoms with Gasteiger partial charge in [0, 0.05) is 23.6 Å². The summed E-state index contributed by atoms with van der Waals surface area (Å²) in [5.41, 5.74) is 1.04. The van der Waals surface area contributed by atoms with E-state index < -0.39 is 0 Å². The van der Waals surface area contributed by atoms with Gasteiger partial charge in [0.1, 0.15) is 17.4 Å². The van der Waals surface area contributed by atoms with E-state index in [-0.39, 0.29) is 36.7 Å². The molecule has 0 spiro atoms. The van der Waals surface area contributed by atoms with Crippen LogP contribution in [0.15, 0.2) is 34.2 Å². The maximum atomic E-state index is 12.3. The second-order valence-corrected chi connectivity index (χ2v) is 9.38. The van der Waals surface area contributed by atoms with E-state index in [9.17, 15) is 9.59 Å². The topological polar surface area (TPSA) is 116 Å². The molecule has 0 aliphatic heterocycles. The number of esters is 1. The molecule has 9 nitrogen and oxygen atoms in total. The molecule has 33 heavy (non-hydrogen) atoms. The van der Waals surface area contributed by atoms with Crippen molar-refractivity contribution >= 4 is 28.9 Å². The number of anilines is 1. The van der Waals surface area contributed by atoms with E-state index in [4.69, 9.17) is 14.0 Å². The average Bonchev–Trinajstić information content (AvgIpc) is 3.42. The summed E-state index contributed by atoms with van der Waals surface area (Å²) in [7, 11) is 1.55. The highest BCUT2D eigenvalue weighted by molar-refractivity contribution is 7.09. The third-order valence-corrected chi connectivity index (χ3v) is 5.48. The molecule has 0 saturated heterocycles. The number of amides is 1. The lowest BCUT2D eigenvalue weighted by Gasteiger charge is -2.10. The van der Waals surface area contributed by atoms with Gasteiger partial charge in [0.15, 0.2) is 5.82 Å². The summed E-state index contributed by atoms with van der Waals surface area (Å²) in [6.07, 6.45) is 1.43. The van der Waals surface area contributed by atoms with Crippen LogP contribution < -0.4 is 10.1 Å². The Bertz CT molecular complexity index is 1090. The fourth-order valence-electron chi connectivity index (χ4n) is 2.85. The number of aromatic nitrogens is 3. The van der Waals surface area contributed by atoms with Gasteiger partial charge in [-0.3, -0.25) is 9.59 Å². The molecule has 0 fully saturated rings. The number of benzene rings is 1. The van der Waals surface area contributed by atoms with Crippen LogP contribution in [0.2, 0.25) is 0 Å². The van der Waals surface area contributed by atoms with E-state index in [1.165, 1.54) is 11.3 Å². The highest BCUT2D eigenvalue weighted by atomic mass is 32.1. The van der Waals surface area contributed by atoms with Crippen molar-refractivity contribution in [2.45, 2.75) is 58.5 Å². The molecular formula is C23H28N4O5S. The monoisotopic (exact) mass is 472 g/mol. The molecule has 1 N–H and O–H groups in total. The summed E-state index contributed by atoms with van der Waals surface area (Å²) in [5.74, 6) is 1.23. The summed E-state index contributed by atoms with van der Waals surface area (Å²) in [4.78, 5) is 33.1. The van der Waals surface area contributed by atoms with Crippen LogP contribution in [0.5, 0.6) is 5.75 Å². The number of nitrogens with zero attached hydrogens (tertiary/aromatic N) is 3. The summed E-state index contributed by atoms with van der Waals surface area (Å²) < 4.78 is 15.8. The predicted molar refractivity (Wildman–Crippen MR) is 123 cm³/mol. The molecule has 0 atom stereocenters. The second-order valence-electron chi connectivity index (χ2n) is 8.43. The van der Waals surface area contributed by atoms with E-state index >= 15 is 0 Å². The lowest BCUT2D eigenvalue weighted by Crippen LogP contribution is -2.15. The maximum Gasteiger partial charge on any atom is 0.306 e. The molecule has 10 heteroatoms. The van der Waals surface area contributed by atoms with E-state index in [0.717, 1.165) is 0 Å². The lowest BCUT2D eigenvalue weighted by molar-refractivity contribution is -0.145. The van der Waals surface area contributed by atoms with Gasteiger partial charge in [0.05, 0.1) is 24.9 Å². The molecule has 3 rings (SSSR count). The SMILES string of the molecule is COc1ccccc1NC(=O)Cc1nc(COC(=O)CCCc2nc(C(C)(C)C)no2)cs1. The molecule has 0 unspecified atom stereocenters. The smallest absolute Gasteiger partial charge is 0.306 e. The van der Waals surface area contributed by atoms with E-state index in [0.29, 0.717) is 46.7 Å². The molecule has 0 radical (unpaired) electrons. The Morgan fingerprint density at radius 2 is 1.97 bits per heavy atom. The summed E-state index contributed by atoms with van der Waals surface area (Å²) in [5, 5.41) is 9.21. The first-order chi connectivity index (χ1) is 15.7. The van der Waals surface area contributed by atoms with Crippen molar-refractivity contribution in [2.24, 2.45) is 0 Å². The number of methoxy groups -OCH3 is 1. The number of hydrogen-bond donors (Lipinski definition) is 1. The molecule has 176 valence electrons. The van der Waals surface area contributed by atoms with Crippen molar-refractivity contribution < 1.29 is 23.6 Å². The molecule has 1 amide bonds. The first-order valence-corrected chi connectivity index (χ1v) is 11.5. The number of rotatable bonds is 10. The Balaban J connectivity index is 1.39. The fourth-order valence-corrected chi connectivity index (χ4v) is 3.62. The molecular weight excluding hydrogens is 444 g/mol. The van der Waals surface area contributed by atoms with Crippen molar-refractivity contribution in [3.63, 3.8) is 0 Å². The van der Waals surface area contributed by atoms with Gasteiger partial charge in [-0.15, -0.1) is 11.3 Å². The molecule has 1 aromatic carbocycles. The number of aryl methyl sites for hydroxylation is 1. The third-order valence-electron chi connectivity index (χ3n) is 4.58. The minimum Gasteiger partial charge on any atom is -0.495 e. The Labute approximate surface area is 196 Å². The van der Waals surface area contributed by atoms with Gasteiger partial charge in [-0.05, 0) is 18.6 Å². The Hall–Kier alpha value is -3.27. The van der Waals surface area contributed by atoms with Crippen LogP contribution in [0.1, 0.15) is 56.0 Å². The minimum absolute atomic E-state index is 0.0676. The molecule has 0 saturated carbocycles. The van der Waals surface area contributed by atoms with Gasteiger partial charge in [-0.2, -0.15) is 4.98 Å². The summed E-state index contributed by atoms with van der Waals surface area (Å²) in [6.45, 7) is 6.10. The second kappa shape index (κ2) is 11.0. The lowest BCUT2D eigenvalue weighted by atomic mass is 9.96. The van der Waals surface area contributed by atoms with E-state index in [1.54, 1.807) is 24.6 Å². The average molecular weight is 473 g/mol. The normalized spacial score (nSPS) is 11.3. The predicted octanol–water partition coefficient (Wildman–Crippen LogP) is 4.08. The third kappa shape index (κ3) is 7.38. The Morgan fingerprint density at radius 1 is 1.18 bits per heavy atom. The molecule has 0 aliphatic rings. The van der Waals surface area contributed by atoms with Crippen molar-refractivity contribution in [3.8, 4) is 5.75 Å². The molecule has 2 aromatic heterocycles. The minimum atomic E-state index is -0.325. The van der Waals surface area contributed by atoms with Crippen molar-refractivity contribution in [2.75, 3.05) is 12.4 Å². The zero-order chi connectivity index (χ0) is 23.8. The number of carbonyl (C=O) groups excluding carboxylic acids is 2. The maximum absolute atomic E-state index is 12.3. The van der Waals surface area contributed by atoms with Gasteiger partial charge >= 0.3 is 5.97 Å². The van der Waals surface area contributed by atoms with Gasteiger partial charge in [-0.1, -0.05) is 38.1 Å².